The van der Waals surface area contributed by atoms with Crippen molar-refractivity contribution in [2.45, 2.75) is 12.5 Å². The zero-order chi connectivity index (χ0) is 14.8. The van der Waals surface area contributed by atoms with Gasteiger partial charge >= 0.3 is 0 Å². The Labute approximate surface area is 124 Å². The summed E-state index contributed by atoms with van der Waals surface area (Å²) in [5.74, 6) is 0.891. The average molecular weight is 282 g/mol. The Kier molecular flexibility index (Phi) is 3.52. The predicted molar refractivity (Wildman–Crippen MR) is 83.8 cm³/mol. The molecule has 4 nitrogen and oxygen atoms in total. The van der Waals surface area contributed by atoms with Gasteiger partial charge in [-0.1, -0.05) is 30.3 Å². The third-order valence-corrected chi connectivity index (χ3v) is 3.86. The van der Waals surface area contributed by atoms with E-state index in [2.05, 4.69) is 11.4 Å². The summed E-state index contributed by atoms with van der Waals surface area (Å²) >= 11 is 0. The van der Waals surface area contributed by atoms with Crippen LogP contribution < -0.4 is 15.0 Å². The van der Waals surface area contributed by atoms with Crippen LogP contribution in [-0.4, -0.2) is 20.1 Å². The van der Waals surface area contributed by atoms with Crippen LogP contribution in [0.25, 0.3) is 0 Å². The Balaban J connectivity index is 1.96. The molecule has 0 aliphatic carbocycles. The van der Waals surface area contributed by atoms with Crippen molar-refractivity contribution in [2.75, 3.05) is 24.4 Å². The van der Waals surface area contributed by atoms with Gasteiger partial charge in [0, 0.05) is 12.7 Å². The van der Waals surface area contributed by atoms with Crippen molar-refractivity contribution in [1.82, 2.24) is 0 Å². The molecule has 2 aromatic rings. The highest BCUT2D eigenvalue weighted by atomic mass is 16.5. The number of methoxy groups -OCH3 is 1. The molecule has 1 heterocycles. The molecule has 0 radical (unpaired) electrons. The van der Waals surface area contributed by atoms with E-state index in [0.29, 0.717) is 6.42 Å². The van der Waals surface area contributed by atoms with Gasteiger partial charge in [-0.15, -0.1) is 0 Å². The maximum Gasteiger partial charge on any atom is 0.229 e. The zero-order valence-corrected chi connectivity index (χ0v) is 12.2. The Morgan fingerprint density at radius 1 is 1.14 bits per heavy atom. The summed E-state index contributed by atoms with van der Waals surface area (Å²) in [6.07, 6.45) is 0.436. The second-order valence-corrected chi connectivity index (χ2v) is 5.11. The number of benzene rings is 2. The first kappa shape index (κ1) is 13.5. The molecule has 1 atom stereocenters. The number of carbonyl (C=O) groups is 1. The SMILES string of the molecule is COc1ccccc1NC1CC(=O)N(C)c2ccccc21. The third kappa shape index (κ3) is 2.44. The lowest BCUT2D eigenvalue weighted by molar-refractivity contribution is -0.118. The Morgan fingerprint density at radius 3 is 2.67 bits per heavy atom. The Bertz CT molecular complexity index is 669. The molecule has 1 N–H and O–H groups in total. The number of carbonyl (C=O) groups excluding carboxylic acids is 1. The van der Waals surface area contributed by atoms with Gasteiger partial charge in [-0.2, -0.15) is 0 Å². The molecule has 21 heavy (non-hydrogen) atoms. The summed E-state index contributed by atoms with van der Waals surface area (Å²) in [4.78, 5) is 13.9. The van der Waals surface area contributed by atoms with Crippen molar-refractivity contribution in [1.29, 1.82) is 0 Å². The monoisotopic (exact) mass is 282 g/mol. The summed E-state index contributed by atoms with van der Waals surface area (Å²) in [7, 11) is 3.47. The van der Waals surface area contributed by atoms with Crippen LogP contribution in [0.3, 0.4) is 0 Å². The van der Waals surface area contributed by atoms with Crippen molar-refractivity contribution in [2.24, 2.45) is 0 Å². The standard InChI is InChI=1S/C17H18N2O2/c1-19-15-9-5-3-7-12(15)14(11-17(19)20)18-13-8-4-6-10-16(13)21-2/h3-10,14,18H,11H2,1-2H3. The first-order valence-electron chi connectivity index (χ1n) is 6.95. The summed E-state index contributed by atoms with van der Waals surface area (Å²) in [5, 5.41) is 3.44. The van der Waals surface area contributed by atoms with Crippen LogP contribution in [0.2, 0.25) is 0 Å². The molecule has 0 spiro atoms. The molecule has 4 heteroatoms. The molecule has 0 saturated heterocycles. The lowest BCUT2D eigenvalue weighted by Gasteiger charge is -2.32. The van der Waals surface area contributed by atoms with Crippen molar-refractivity contribution in [3.05, 3.63) is 54.1 Å². The van der Waals surface area contributed by atoms with E-state index < -0.39 is 0 Å². The fourth-order valence-electron chi connectivity index (χ4n) is 2.72. The maximum atomic E-state index is 12.2. The summed E-state index contributed by atoms with van der Waals surface area (Å²) in [5.41, 5.74) is 2.99. The van der Waals surface area contributed by atoms with Crippen LogP contribution in [0.1, 0.15) is 18.0 Å². The number of nitrogens with one attached hydrogen (secondary N) is 1. The smallest absolute Gasteiger partial charge is 0.229 e. The van der Waals surface area contributed by atoms with Crippen LogP contribution in [-0.2, 0) is 4.79 Å². The van der Waals surface area contributed by atoms with Crippen LogP contribution in [0, 0.1) is 0 Å². The number of ether oxygens (including phenoxy) is 1. The van der Waals surface area contributed by atoms with E-state index in [4.69, 9.17) is 4.74 Å². The third-order valence-electron chi connectivity index (χ3n) is 3.86. The van der Waals surface area contributed by atoms with Gasteiger partial charge in [-0.25, -0.2) is 0 Å². The first-order chi connectivity index (χ1) is 10.2. The van der Waals surface area contributed by atoms with E-state index in [-0.39, 0.29) is 11.9 Å². The van der Waals surface area contributed by atoms with Gasteiger partial charge in [0.1, 0.15) is 5.75 Å². The van der Waals surface area contributed by atoms with E-state index in [1.54, 1.807) is 12.0 Å². The number of fused-ring (bicyclic) bond motifs is 1. The molecule has 1 unspecified atom stereocenters. The number of rotatable bonds is 3. The van der Waals surface area contributed by atoms with Crippen molar-refractivity contribution >= 4 is 17.3 Å². The highest BCUT2D eigenvalue weighted by Gasteiger charge is 2.29. The summed E-state index contributed by atoms with van der Waals surface area (Å²) in [6.45, 7) is 0. The largest absolute Gasteiger partial charge is 0.495 e. The fraction of sp³-hybridized carbons (Fsp3) is 0.235. The number of amides is 1. The molecule has 0 fully saturated rings. The minimum atomic E-state index is -0.0406. The Morgan fingerprint density at radius 2 is 1.86 bits per heavy atom. The van der Waals surface area contributed by atoms with Gasteiger partial charge in [0.15, 0.2) is 0 Å². The molecule has 0 bridgehead atoms. The van der Waals surface area contributed by atoms with Crippen LogP contribution in [0.4, 0.5) is 11.4 Å². The number of anilines is 2. The molecule has 1 amide bonds. The van der Waals surface area contributed by atoms with E-state index >= 15 is 0 Å². The zero-order valence-electron chi connectivity index (χ0n) is 12.2. The molecule has 0 saturated carbocycles. The maximum absolute atomic E-state index is 12.2. The Hall–Kier alpha value is -2.49. The van der Waals surface area contributed by atoms with E-state index in [1.807, 2.05) is 49.5 Å². The molecule has 3 rings (SSSR count). The molecule has 2 aromatic carbocycles. The molecule has 1 aliphatic rings. The number of nitrogens with zero attached hydrogens (tertiary/aromatic N) is 1. The van der Waals surface area contributed by atoms with Gasteiger partial charge in [-0.3, -0.25) is 4.79 Å². The van der Waals surface area contributed by atoms with Gasteiger partial charge in [0.25, 0.3) is 0 Å². The van der Waals surface area contributed by atoms with Crippen LogP contribution >= 0.6 is 0 Å². The topological polar surface area (TPSA) is 41.6 Å². The quantitative estimate of drug-likeness (QED) is 0.940. The number of hydrogen-bond acceptors (Lipinski definition) is 3. The van der Waals surface area contributed by atoms with E-state index in [0.717, 1.165) is 22.7 Å². The normalized spacial score (nSPS) is 17.3. The second-order valence-electron chi connectivity index (χ2n) is 5.11. The van der Waals surface area contributed by atoms with Gasteiger partial charge in [-0.05, 0) is 23.8 Å². The molecule has 0 aromatic heterocycles. The van der Waals surface area contributed by atoms with Gasteiger partial charge < -0.3 is 15.0 Å². The van der Waals surface area contributed by atoms with Gasteiger partial charge in [0.05, 0.1) is 25.3 Å². The van der Waals surface area contributed by atoms with Crippen LogP contribution in [0.15, 0.2) is 48.5 Å². The first-order valence-corrected chi connectivity index (χ1v) is 6.95. The van der Waals surface area contributed by atoms with Crippen LogP contribution in [0.5, 0.6) is 5.75 Å². The lowest BCUT2D eigenvalue weighted by atomic mass is 9.96. The summed E-state index contributed by atoms with van der Waals surface area (Å²) in [6, 6.07) is 15.7. The van der Waals surface area contributed by atoms with Gasteiger partial charge in [0.2, 0.25) is 5.91 Å². The highest BCUT2D eigenvalue weighted by molar-refractivity contribution is 5.97. The molecular formula is C17H18N2O2. The molecular weight excluding hydrogens is 264 g/mol. The van der Waals surface area contributed by atoms with E-state index in [1.165, 1.54) is 0 Å². The number of para-hydroxylation sites is 3. The van der Waals surface area contributed by atoms with Crippen molar-refractivity contribution < 1.29 is 9.53 Å². The highest BCUT2D eigenvalue weighted by Crippen LogP contribution is 2.37. The second kappa shape index (κ2) is 5.48. The molecule has 108 valence electrons. The summed E-state index contributed by atoms with van der Waals surface area (Å²) < 4.78 is 5.36. The van der Waals surface area contributed by atoms with Crippen molar-refractivity contribution in [3.8, 4) is 5.75 Å². The fourth-order valence-corrected chi connectivity index (χ4v) is 2.72. The minimum absolute atomic E-state index is 0.0406. The molecule has 1 aliphatic heterocycles. The average Bonchev–Trinajstić information content (AvgIpc) is 2.53. The van der Waals surface area contributed by atoms with E-state index in [9.17, 15) is 4.79 Å². The predicted octanol–water partition coefficient (Wildman–Crippen LogP) is 3.21. The van der Waals surface area contributed by atoms with Crippen molar-refractivity contribution in [3.63, 3.8) is 0 Å². The number of hydrogen-bond donors (Lipinski definition) is 1. The lowest BCUT2D eigenvalue weighted by Crippen LogP contribution is -2.35. The minimum Gasteiger partial charge on any atom is -0.495 e.